The first-order chi connectivity index (χ1) is 8.39. The molecule has 1 atom stereocenters. The quantitative estimate of drug-likeness (QED) is 0.605. The molecule has 1 aromatic carbocycles. The Bertz CT molecular complexity index is 474. The fourth-order valence-corrected chi connectivity index (χ4v) is 2.14. The first-order valence-electron chi connectivity index (χ1n) is 5.53. The van der Waals surface area contributed by atoms with Gasteiger partial charge in [-0.25, -0.2) is 13.1 Å². The summed E-state index contributed by atoms with van der Waals surface area (Å²) in [6.45, 7) is 1.53. The van der Waals surface area contributed by atoms with Gasteiger partial charge < -0.3 is 15.6 Å². The molecule has 102 valence electrons. The van der Waals surface area contributed by atoms with Crippen LogP contribution < -0.4 is 15.2 Å². The Morgan fingerprint density at radius 1 is 1.50 bits per heavy atom. The largest absolute Gasteiger partial charge is 0.492 e. The Balaban J connectivity index is 2.37. The van der Waals surface area contributed by atoms with Crippen LogP contribution in [0, 0.1) is 0 Å². The summed E-state index contributed by atoms with van der Waals surface area (Å²) in [6, 6.07) is 6.76. The van der Waals surface area contributed by atoms with Crippen molar-refractivity contribution in [3.8, 4) is 5.75 Å². The van der Waals surface area contributed by atoms with Crippen LogP contribution in [0.3, 0.4) is 0 Å². The van der Waals surface area contributed by atoms with Crippen molar-refractivity contribution in [2.45, 2.75) is 13.0 Å². The average Bonchev–Trinajstić information content (AvgIpc) is 2.26. The second-order valence-corrected chi connectivity index (χ2v) is 5.86. The molecule has 1 aromatic rings. The number of sulfonamides is 1. The maximum absolute atomic E-state index is 11.5. The molecule has 0 aliphatic heterocycles. The monoisotopic (exact) mass is 274 g/mol. The zero-order valence-electron chi connectivity index (χ0n) is 10.2. The molecule has 0 saturated carbocycles. The predicted molar refractivity (Wildman–Crippen MR) is 69.8 cm³/mol. The number of ether oxygens (including phenoxy) is 1. The molecule has 0 fully saturated rings. The van der Waals surface area contributed by atoms with Crippen molar-refractivity contribution in [3.05, 3.63) is 24.3 Å². The van der Waals surface area contributed by atoms with Crippen LogP contribution in [-0.4, -0.2) is 38.5 Å². The lowest BCUT2D eigenvalue weighted by Crippen LogP contribution is -2.34. The van der Waals surface area contributed by atoms with E-state index in [9.17, 15) is 8.42 Å². The highest BCUT2D eigenvalue weighted by molar-refractivity contribution is 7.89. The van der Waals surface area contributed by atoms with Crippen LogP contribution in [-0.2, 0) is 10.0 Å². The van der Waals surface area contributed by atoms with Gasteiger partial charge in [0.05, 0.1) is 11.9 Å². The van der Waals surface area contributed by atoms with Crippen LogP contribution in [0.5, 0.6) is 5.75 Å². The topological polar surface area (TPSA) is 102 Å². The molecule has 0 spiro atoms. The first kappa shape index (κ1) is 14.7. The number of aliphatic hydroxyl groups is 1. The molecule has 1 rings (SSSR count). The lowest BCUT2D eigenvalue weighted by molar-refractivity contribution is 0.198. The average molecular weight is 274 g/mol. The van der Waals surface area contributed by atoms with Crippen molar-refractivity contribution >= 4 is 15.7 Å². The summed E-state index contributed by atoms with van der Waals surface area (Å²) >= 11 is 0. The van der Waals surface area contributed by atoms with Gasteiger partial charge in [0.25, 0.3) is 0 Å². The summed E-state index contributed by atoms with van der Waals surface area (Å²) in [5, 5.41) is 8.98. The number of hydrogen-bond donors (Lipinski definition) is 3. The number of benzene rings is 1. The van der Waals surface area contributed by atoms with Crippen LogP contribution in [0.25, 0.3) is 0 Å². The van der Waals surface area contributed by atoms with E-state index in [0.29, 0.717) is 11.4 Å². The summed E-state index contributed by atoms with van der Waals surface area (Å²) < 4.78 is 30.5. The van der Waals surface area contributed by atoms with Gasteiger partial charge in [0.15, 0.2) is 0 Å². The summed E-state index contributed by atoms with van der Waals surface area (Å²) in [4.78, 5) is 0. The van der Waals surface area contributed by atoms with E-state index in [1.54, 1.807) is 24.3 Å². The molecular weight excluding hydrogens is 256 g/mol. The van der Waals surface area contributed by atoms with Crippen LogP contribution in [0.2, 0.25) is 0 Å². The molecule has 0 aliphatic carbocycles. The van der Waals surface area contributed by atoms with E-state index in [2.05, 4.69) is 4.72 Å². The zero-order valence-corrected chi connectivity index (χ0v) is 11.0. The van der Waals surface area contributed by atoms with E-state index in [0.717, 1.165) is 0 Å². The molecule has 1 unspecified atom stereocenters. The maximum Gasteiger partial charge on any atom is 0.215 e. The van der Waals surface area contributed by atoms with Crippen LogP contribution in [0.15, 0.2) is 24.3 Å². The van der Waals surface area contributed by atoms with E-state index in [4.69, 9.17) is 15.6 Å². The second-order valence-electron chi connectivity index (χ2n) is 3.94. The molecule has 0 radical (unpaired) electrons. The molecule has 6 nitrogen and oxygen atoms in total. The molecular formula is C11H18N2O4S. The number of nitrogen functional groups attached to an aromatic ring is 1. The number of anilines is 1. The Morgan fingerprint density at radius 2 is 2.22 bits per heavy atom. The normalized spacial score (nSPS) is 13.2. The number of nitrogens with one attached hydrogen (secondary N) is 1. The van der Waals surface area contributed by atoms with E-state index in [-0.39, 0.29) is 18.9 Å². The highest BCUT2D eigenvalue weighted by Crippen LogP contribution is 2.14. The van der Waals surface area contributed by atoms with Crippen LogP contribution in [0.1, 0.15) is 6.92 Å². The molecule has 18 heavy (non-hydrogen) atoms. The van der Waals surface area contributed by atoms with Crippen molar-refractivity contribution in [1.29, 1.82) is 0 Å². The molecule has 0 aliphatic rings. The smallest absolute Gasteiger partial charge is 0.215 e. The van der Waals surface area contributed by atoms with Crippen molar-refractivity contribution in [2.75, 3.05) is 24.6 Å². The predicted octanol–water partition coefficient (Wildman–Crippen LogP) is -0.0522. The maximum atomic E-state index is 11.5. The van der Waals surface area contributed by atoms with Crippen LogP contribution >= 0.6 is 0 Å². The highest BCUT2D eigenvalue weighted by Gasteiger charge is 2.11. The Labute approximate surface area is 107 Å². The van der Waals surface area contributed by atoms with Gasteiger partial charge in [-0.3, -0.25) is 0 Å². The van der Waals surface area contributed by atoms with Gasteiger partial charge in [-0.05, 0) is 19.1 Å². The number of rotatable bonds is 7. The van der Waals surface area contributed by atoms with E-state index in [1.807, 2.05) is 0 Å². The summed E-state index contributed by atoms with van der Waals surface area (Å²) in [7, 11) is -3.42. The molecule has 4 N–H and O–H groups in total. The first-order valence-corrected chi connectivity index (χ1v) is 7.18. The molecule has 0 bridgehead atoms. The van der Waals surface area contributed by atoms with Crippen molar-refractivity contribution < 1.29 is 18.3 Å². The Morgan fingerprint density at radius 3 is 2.83 bits per heavy atom. The van der Waals surface area contributed by atoms with Gasteiger partial charge in [-0.15, -0.1) is 0 Å². The summed E-state index contributed by atoms with van der Waals surface area (Å²) in [5.74, 6) is 0.356. The summed E-state index contributed by atoms with van der Waals surface area (Å²) in [6.07, 6.45) is -0.713. The fourth-order valence-electron chi connectivity index (χ4n) is 1.19. The minimum Gasteiger partial charge on any atom is -0.492 e. The minimum atomic E-state index is -3.42. The van der Waals surface area contributed by atoms with Crippen molar-refractivity contribution in [2.24, 2.45) is 0 Å². The third kappa shape index (κ3) is 5.85. The third-order valence-corrected chi connectivity index (χ3v) is 3.39. The zero-order chi connectivity index (χ0) is 13.6. The van der Waals surface area contributed by atoms with E-state index in [1.165, 1.54) is 6.92 Å². The van der Waals surface area contributed by atoms with Gasteiger partial charge in [0.2, 0.25) is 10.0 Å². The lowest BCUT2D eigenvalue weighted by atomic mass is 10.3. The molecule has 0 heterocycles. The Hall–Kier alpha value is -1.31. The van der Waals surface area contributed by atoms with Gasteiger partial charge in [-0.1, -0.05) is 6.07 Å². The van der Waals surface area contributed by atoms with Gasteiger partial charge >= 0.3 is 0 Å². The minimum absolute atomic E-state index is 0.000614. The lowest BCUT2D eigenvalue weighted by Gasteiger charge is -2.09. The van der Waals surface area contributed by atoms with E-state index >= 15 is 0 Å². The highest BCUT2D eigenvalue weighted by atomic mass is 32.2. The van der Waals surface area contributed by atoms with Crippen LogP contribution in [0.4, 0.5) is 5.69 Å². The van der Waals surface area contributed by atoms with Gasteiger partial charge in [0.1, 0.15) is 12.4 Å². The Kier molecular flexibility index (Phi) is 5.39. The molecule has 7 heteroatoms. The van der Waals surface area contributed by atoms with Gasteiger partial charge in [-0.2, -0.15) is 0 Å². The standard InChI is InChI=1S/C11H18N2O4S/c1-9(14)8-13-18(15,16)6-5-17-11-4-2-3-10(12)7-11/h2-4,7,9,13-14H,5-6,8,12H2,1H3. The molecule has 0 saturated heterocycles. The molecule has 0 aromatic heterocycles. The second kappa shape index (κ2) is 6.58. The SMILES string of the molecule is CC(O)CNS(=O)(=O)CCOc1cccc(N)c1. The van der Waals surface area contributed by atoms with Gasteiger partial charge in [0, 0.05) is 18.3 Å². The third-order valence-electron chi connectivity index (χ3n) is 2.08. The fraction of sp³-hybridized carbons (Fsp3) is 0.455. The number of nitrogens with two attached hydrogens (primary N) is 1. The number of hydrogen-bond acceptors (Lipinski definition) is 5. The summed E-state index contributed by atoms with van der Waals surface area (Å²) in [5.41, 5.74) is 6.12. The van der Waals surface area contributed by atoms with E-state index < -0.39 is 16.1 Å². The number of aliphatic hydroxyl groups excluding tert-OH is 1. The van der Waals surface area contributed by atoms with Crippen molar-refractivity contribution in [3.63, 3.8) is 0 Å². The van der Waals surface area contributed by atoms with Crippen molar-refractivity contribution in [1.82, 2.24) is 4.72 Å². The molecule has 0 amide bonds.